The molecule has 0 bridgehead atoms. The maximum atomic E-state index is 12.4. The van der Waals surface area contributed by atoms with Gasteiger partial charge < -0.3 is 10.6 Å². The number of rotatable bonds is 6. The van der Waals surface area contributed by atoms with Crippen LogP contribution in [0.25, 0.3) is 0 Å². The van der Waals surface area contributed by atoms with Crippen molar-refractivity contribution in [1.82, 2.24) is 9.88 Å². The third-order valence-corrected chi connectivity index (χ3v) is 3.29. The molecule has 1 amide bonds. The zero-order valence-corrected chi connectivity index (χ0v) is 13.2. The number of amides is 1. The van der Waals surface area contributed by atoms with Gasteiger partial charge in [0.15, 0.2) is 0 Å². The molecule has 0 aliphatic rings. The fraction of sp³-hybridized carbons (Fsp3) is 0.438. The maximum absolute atomic E-state index is 12.4. The second-order valence-electron chi connectivity index (χ2n) is 4.93. The van der Waals surface area contributed by atoms with Gasteiger partial charge in [0, 0.05) is 24.4 Å². The lowest BCUT2D eigenvalue weighted by Crippen LogP contribution is -2.36. The zero-order valence-electron chi connectivity index (χ0n) is 13.2. The summed E-state index contributed by atoms with van der Waals surface area (Å²) in [7, 11) is 0. The van der Waals surface area contributed by atoms with E-state index in [1.807, 2.05) is 32.9 Å². The van der Waals surface area contributed by atoms with E-state index < -0.39 is 0 Å². The van der Waals surface area contributed by atoms with Crippen LogP contribution in [0, 0.1) is 5.92 Å². The summed E-state index contributed by atoms with van der Waals surface area (Å²) in [5.74, 6) is 0.0310. The Morgan fingerprint density at radius 2 is 2.24 bits per heavy atom. The number of pyridine rings is 1. The summed E-state index contributed by atoms with van der Waals surface area (Å²) in [5.41, 5.74) is 7.88. The fourth-order valence-electron chi connectivity index (χ4n) is 1.84. The standard InChI is InChI=1S/C16H24N4O/c1-5-12(3)16(21)20(6-2)15(13(4)17)11-19-14-8-7-9-18-10-14/h7-12H,5-6,17H2,1-4H3/b15-13+,19-11?. The number of carbonyl (C=O) groups is 1. The smallest absolute Gasteiger partial charge is 0.229 e. The quantitative estimate of drug-likeness (QED) is 0.818. The first-order valence-electron chi connectivity index (χ1n) is 7.23. The molecule has 0 radical (unpaired) electrons. The highest BCUT2D eigenvalue weighted by Gasteiger charge is 2.21. The first kappa shape index (κ1) is 16.9. The number of nitrogens with two attached hydrogens (primary N) is 1. The van der Waals surface area contributed by atoms with Crippen LogP contribution in [0.3, 0.4) is 0 Å². The van der Waals surface area contributed by atoms with Crippen molar-refractivity contribution in [1.29, 1.82) is 0 Å². The molecule has 0 spiro atoms. The molecule has 0 aromatic carbocycles. The van der Waals surface area contributed by atoms with Crippen LogP contribution in [-0.4, -0.2) is 28.6 Å². The summed E-state index contributed by atoms with van der Waals surface area (Å²) in [4.78, 5) is 22.5. The minimum atomic E-state index is -0.0360. The molecule has 1 unspecified atom stereocenters. The highest BCUT2D eigenvalue weighted by molar-refractivity contribution is 5.90. The Labute approximate surface area is 126 Å². The molecule has 5 nitrogen and oxygen atoms in total. The van der Waals surface area contributed by atoms with Gasteiger partial charge in [0.25, 0.3) is 0 Å². The van der Waals surface area contributed by atoms with E-state index in [4.69, 9.17) is 5.73 Å². The second kappa shape index (κ2) is 8.19. The van der Waals surface area contributed by atoms with Crippen molar-refractivity contribution in [3.8, 4) is 0 Å². The molecule has 114 valence electrons. The number of aliphatic imine (C=N–C) groups is 1. The maximum Gasteiger partial charge on any atom is 0.229 e. The zero-order chi connectivity index (χ0) is 15.8. The first-order chi connectivity index (χ1) is 10.0. The average Bonchev–Trinajstić information content (AvgIpc) is 2.50. The molecule has 1 heterocycles. The predicted molar refractivity (Wildman–Crippen MR) is 86.1 cm³/mol. The van der Waals surface area contributed by atoms with E-state index in [0.717, 1.165) is 12.1 Å². The van der Waals surface area contributed by atoms with Gasteiger partial charge in [-0.15, -0.1) is 0 Å². The normalized spacial score (nSPS) is 13.9. The van der Waals surface area contributed by atoms with Crippen molar-refractivity contribution in [2.75, 3.05) is 6.54 Å². The average molecular weight is 288 g/mol. The van der Waals surface area contributed by atoms with Gasteiger partial charge in [-0.3, -0.25) is 14.8 Å². The Morgan fingerprint density at radius 1 is 1.52 bits per heavy atom. The number of aromatic nitrogens is 1. The molecule has 1 aromatic rings. The van der Waals surface area contributed by atoms with Crippen LogP contribution in [0.15, 0.2) is 40.9 Å². The van der Waals surface area contributed by atoms with E-state index in [0.29, 0.717) is 17.9 Å². The van der Waals surface area contributed by atoms with Gasteiger partial charge in [-0.25, -0.2) is 0 Å². The third-order valence-electron chi connectivity index (χ3n) is 3.29. The van der Waals surface area contributed by atoms with Gasteiger partial charge in [-0.1, -0.05) is 13.8 Å². The molecule has 1 aromatic heterocycles. The molecule has 0 fully saturated rings. The van der Waals surface area contributed by atoms with Crippen molar-refractivity contribution in [2.45, 2.75) is 34.1 Å². The van der Waals surface area contributed by atoms with Crippen molar-refractivity contribution in [2.24, 2.45) is 16.6 Å². The molecule has 0 saturated carbocycles. The van der Waals surface area contributed by atoms with Gasteiger partial charge >= 0.3 is 0 Å². The van der Waals surface area contributed by atoms with Crippen LogP contribution in [-0.2, 0) is 4.79 Å². The van der Waals surface area contributed by atoms with Crippen molar-refractivity contribution in [3.63, 3.8) is 0 Å². The topological polar surface area (TPSA) is 71.6 Å². The summed E-state index contributed by atoms with van der Waals surface area (Å²) in [5, 5.41) is 0. The Bertz CT molecular complexity index is 518. The monoisotopic (exact) mass is 288 g/mol. The van der Waals surface area contributed by atoms with Gasteiger partial charge in [-0.2, -0.15) is 0 Å². The summed E-state index contributed by atoms with van der Waals surface area (Å²) in [6.45, 7) is 8.19. The summed E-state index contributed by atoms with van der Waals surface area (Å²) < 4.78 is 0. The molecular weight excluding hydrogens is 264 g/mol. The number of allylic oxidation sites excluding steroid dienone is 2. The number of nitrogens with zero attached hydrogens (tertiary/aromatic N) is 3. The largest absolute Gasteiger partial charge is 0.401 e. The van der Waals surface area contributed by atoms with Gasteiger partial charge in [-0.05, 0) is 32.4 Å². The van der Waals surface area contributed by atoms with Gasteiger partial charge in [0.2, 0.25) is 5.91 Å². The van der Waals surface area contributed by atoms with Crippen molar-refractivity contribution >= 4 is 17.8 Å². The Hall–Kier alpha value is -2.17. The van der Waals surface area contributed by atoms with E-state index in [-0.39, 0.29) is 11.8 Å². The first-order valence-corrected chi connectivity index (χ1v) is 7.23. The lowest BCUT2D eigenvalue weighted by Gasteiger charge is -2.25. The predicted octanol–water partition coefficient (Wildman–Crippen LogP) is 2.87. The van der Waals surface area contributed by atoms with E-state index >= 15 is 0 Å². The Kier molecular flexibility index (Phi) is 6.59. The van der Waals surface area contributed by atoms with Gasteiger partial charge in [0.1, 0.15) is 0 Å². The minimum absolute atomic E-state index is 0.0360. The van der Waals surface area contributed by atoms with E-state index in [9.17, 15) is 4.79 Å². The molecule has 21 heavy (non-hydrogen) atoms. The van der Waals surface area contributed by atoms with Crippen LogP contribution in [0.1, 0.15) is 34.1 Å². The lowest BCUT2D eigenvalue weighted by molar-refractivity contribution is -0.132. The van der Waals surface area contributed by atoms with Crippen LogP contribution in [0.2, 0.25) is 0 Å². The number of hydrogen-bond acceptors (Lipinski definition) is 4. The lowest BCUT2D eigenvalue weighted by atomic mass is 10.1. The summed E-state index contributed by atoms with van der Waals surface area (Å²) >= 11 is 0. The fourth-order valence-corrected chi connectivity index (χ4v) is 1.84. The van der Waals surface area contributed by atoms with E-state index in [1.165, 1.54) is 0 Å². The van der Waals surface area contributed by atoms with Gasteiger partial charge in [0.05, 0.1) is 23.8 Å². The highest BCUT2D eigenvalue weighted by Crippen LogP contribution is 2.15. The molecule has 1 atom stereocenters. The van der Waals surface area contributed by atoms with Crippen LogP contribution < -0.4 is 5.73 Å². The molecule has 0 aliphatic carbocycles. The summed E-state index contributed by atoms with van der Waals surface area (Å²) in [6, 6.07) is 3.66. The molecule has 1 rings (SSSR count). The molecule has 5 heteroatoms. The van der Waals surface area contributed by atoms with Crippen molar-refractivity contribution in [3.05, 3.63) is 35.9 Å². The van der Waals surface area contributed by atoms with Crippen LogP contribution in [0.5, 0.6) is 0 Å². The highest BCUT2D eigenvalue weighted by atomic mass is 16.2. The van der Waals surface area contributed by atoms with Crippen LogP contribution in [0.4, 0.5) is 5.69 Å². The Balaban J connectivity index is 3.04. The SMILES string of the molecule is CCC(C)C(=O)N(CC)/C(C=Nc1cccnc1)=C(\C)N. The molecule has 2 N–H and O–H groups in total. The Morgan fingerprint density at radius 3 is 2.71 bits per heavy atom. The molecular formula is C16H24N4O. The number of carbonyl (C=O) groups excluding carboxylic acids is 1. The third kappa shape index (κ3) is 4.70. The molecule has 0 saturated heterocycles. The second-order valence-corrected chi connectivity index (χ2v) is 4.93. The van der Waals surface area contributed by atoms with E-state index in [1.54, 1.807) is 30.4 Å². The van der Waals surface area contributed by atoms with Crippen molar-refractivity contribution < 1.29 is 4.79 Å². The minimum Gasteiger partial charge on any atom is -0.401 e. The summed E-state index contributed by atoms with van der Waals surface area (Å²) in [6.07, 6.45) is 5.78. The van der Waals surface area contributed by atoms with Crippen LogP contribution >= 0.6 is 0 Å². The molecule has 0 aliphatic heterocycles. The van der Waals surface area contributed by atoms with E-state index in [2.05, 4.69) is 9.98 Å². The number of hydrogen-bond donors (Lipinski definition) is 1.